The van der Waals surface area contributed by atoms with Gasteiger partial charge in [0.25, 0.3) is 0 Å². The molecule has 4 heteroatoms. The maximum absolute atomic E-state index is 13.2. The monoisotopic (exact) mass is 299 g/mol. The van der Waals surface area contributed by atoms with Crippen LogP contribution in [0.1, 0.15) is 29.2 Å². The van der Waals surface area contributed by atoms with Crippen LogP contribution in [0.15, 0.2) is 49.0 Å². The first-order chi connectivity index (χ1) is 10.0. The Balaban J connectivity index is 2.01. The largest absolute Gasteiger partial charge is 0.389 e. The minimum absolute atomic E-state index is 0.291. The quantitative estimate of drug-likeness (QED) is 0.769. The van der Waals surface area contributed by atoms with Crippen LogP contribution in [0.2, 0.25) is 0 Å². The molecule has 0 amide bonds. The fourth-order valence-electron chi connectivity index (χ4n) is 2.14. The molecule has 1 heterocycles. The molecule has 0 radical (unpaired) electrons. The van der Waals surface area contributed by atoms with Gasteiger partial charge in [-0.1, -0.05) is 24.8 Å². The standard InChI is InChI=1S/C17H14FNOS/c1-10(12-4-3-5-13(8-12)11(2)20)17-19-15-9-14(18)6-7-16(15)21-17/h3-9,11,20H,1H2,2H3. The molecule has 2 aromatic carbocycles. The van der Waals surface area contributed by atoms with Gasteiger partial charge in [-0.3, -0.25) is 0 Å². The zero-order valence-corrected chi connectivity index (χ0v) is 12.3. The number of aliphatic hydroxyl groups is 1. The van der Waals surface area contributed by atoms with Crippen molar-refractivity contribution in [1.82, 2.24) is 4.98 Å². The number of nitrogens with zero attached hydrogens (tertiary/aromatic N) is 1. The molecule has 0 saturated heterocycles. The third-order valence-corrected chi connectivity index (χ3v) is 4.42. The van der Waals surface area contributed by atoms with E-state index in [-0.39, 0.29) is 5.82 Å². The van der Waals surface area contributed by atoms with E-state index < -0.39 is 6.10 Å². The Hall–Kier alpha value is -2.04. The average molecular weight is 299 g/mol. The molecule has 0 bridgehead atoms. The second-order valence-corrected chi connectivity index (χ2v) is 5.94. The van der Waals surface area contributed by atoms with E-state index in [0.29, 0.717) is 5.52 Å². The Morgan fingerprint density at radius 1 is 1.29 bits per heavy atom. The van der Waals surface area contributed by atoms with Crippen molar-refractivity contribution in [1.29, 1.82) is 0 Å². The minimum Gasteiger partial charge on any atom is -0.389 e. The molecule has 0 spiro atoms. The zero-order valence-electron chi connectivity index (χ0n) is 11.5. The highest BCUT2D eigenvalue weighted by Gasteiger charge is 2.11. The third-order valence-electron chi connectivity index (χ3n) is 3.33. The van der Waals surface area contributed by atoms with Crippen LogP contribution >= 0.6 is 11.3 Å². The maximum atomic E-state index is 13.2. The highest BCUT2D eigenvalue weighted by molar-refractivity contribution is 7.19. The number of halogens is 1. The topological polar surface area (TPSA) is 33.1 Å². The number of benzene rings is 2. The Morgan fingerprint density at radius 3 is 2.86 bits per heavy atom. The summed E-state index contributed by atoms with van der Waals surface area (Å²) in [6, 6.07) is 12.2. The number of rotatable bonds is 3. The second kappa shape index (κ2) is 5.39. The molecular formula is C17H14FNOS. The van der Waals surface area contributed by atoms with Crippen molar-refractivity contribution in [2.75, 3.05) is 0 Å². The Kier molecular flexibility index (Phi) is 3.57. The van der Waals surface area contributed by atoms with Crippen LogP contribution in [0, 0.1) is 5.82 Å². The zero-order chi connectivity index (χ0) is 15.0. The molecule has 3 rings (SSSR count). The van der Waals surface area contributed by atoms with Gasteiger partial charge in [0.2, 0.25) is 0 Å². The molecule has 1 unspecified atom stereocenters. The van der Waals surface area contributed by atoms with Gasteiger partial charge in [-0.2, -0.15) is 0 Å². The third kappa shape index (κ3) is 2.73. The van der Waals surface area contributed by atoms with E-state index >= 15 is 0 Å². The van der Waals surface area contributed by atoms with Gasteiger partial charge in [0.1, 0.15) is 10.8 Å². The summed E-state index contributed by atoms with van der Waals surface area (Å²) >= 11 is 1.48. The van der Waals surface area contributed by atoms with Crippen LogP contribution in [-0.4, -0.2) is 10.1 Å². The van der Waals surface area contributed by atoms with Gasteiger partial charge in [-0.15, -0.1) is 11.3 Å². The molecule has 21 heavy (non-hydrogen) atoms. The van der Waals surface area contributed by atoms with Gasteiger partial charge in [-0.25, -0.2) is 9.37 Å². The molecule has 1 aromatic heterocycles. The summed E-state index contributed by atoms with van der Waals surface area (Å²) in [6.07, 6.45) is -0.526. The van der Waals surface area contributed by atoms with E-state index in [0.717, 1.165) is 26.4 Å². The van der Waals surface area contributed by atoms with Gasteiger partial charge in [0, 0.05) is 11.6 Å². The summed E-state index contributed by atoms with van der Waals surface area (Å²) < 4.78 is 14.2. The summed E-state index contributed by atoms with van der Waals surface area (Å²) in [5, 5.41) is 10.4. The predicted molar refractivity (Wildman–Crippen MR) is 84.8 cm³/mol. The van der Waals surface area contributed by atoms with E-state index in [2.05, 4.69) is 11.6 Å². The second-order valence-electron chi connectivity index (χ2n) is 4.91. The minimum atomic E-state index is -0.526. The molecule has 0 saturated carbocycles. The van der Waals surface area contributed by atoms with E-state index in [4.69, 9.17) is 0 Å². The normalized spacial score (nSPS) is 12.5. The highest BCUT2D eigenvalue weighted by Crippen LogP contribution is 2.31. The van der Waals surface area contributed by atoms with Crippen molar-refractivity contribution in [3.05, 3.63) is 71.0 Å². The lowest BCUT2D eigenvalue weighted by Gasteiger charge is -2.08. The van der Waals surface area contributed by atoms with Crippen molar-refractivity contribution in [2.45, 2.75) is 13.0 Å². The van der Waals surface area contributed by atoms with Crippen LogP contribution in [0.5, 0.6) is 0 Å². The average Bonchev–Trinajstić information content (AvgIpc) is 2.89. The molecule has 1 N–H and O–H groups in total. The van der Waals surface area contributed by atoms with Gasteiger partial charge < -0.3 is 5.11 Å². The lowest BCUT2D eigenvalue weighted by Crippen LogP contribution is -1.93. The lowest BCUT2D eigenvalue weighted by atomic mass is 10.0. The summed E-state index contributed by atoms with van der Waals surface area (Å²) in [4.78, 5) is 4.44. The van der Waals surface area contributed by atoms with Crippen LogP contribution in [0.4, 0.5) is 4.39 Å². The summed E-state index contributed by atoms with van der Waals surface area (Å²) in [5.41, 5.74) is 3.16. The van der Waals surface area contributed by atoms with Crippen LogP contribution in [0.25, 0.3) is 15.8 Å². The number of hydrogen-bond donors (Lipinski definition) is 1. The first kappa shape index (κ1) is 13.9. The van der Waals surface area contributed by atoms with Gasteiger partial charge in [-0.05, 0) is 36.2 Å². The maximum Gasteiger partial charge on any atom is 0.125 e. The molecule has 0 fully saturated rings. The molecule has 0 aliphatic carbocycles. The van der Waals surface area contributed by atoms with E-state index in [9.17, 15) is 9.50 Å². The van der Waals surface area contributed by atoms with E-state index in [1.165, 1.54) is 23.5 Å². The van der Waals surface area contributed by atoms with E-state index in [1.807, 2.05) is 24.3 Å². The smallest absolute Gasteiger partial charge is 0.125 e. The Labute approximate surface area is 126 Å². The van der Waals surface area contributed by atoms with Crippen molar-refractivity contribution >= 4 is 27.1 Å². The van der Waals surface area contributed by atoms with Gasteiger partial charge >= 0.3 is 0 Å². The Morgan fingerprint density at radius 2 is 2.10 bits per heavy atom. The first-order valence-corrected chi connectivity index (χ1v) is 7.40. The van der Waals surface area contributed by atoms with Crippen LogP contribution < -0.4 is 0 Å². The fourth-order valence-corrected chi connectivity index (χ4v) is 3.08. The van der Waals surface area contributed by atoms with Gasteiger partial charge in [0.05, 0.1) is 16.3 Å². The number of aromatic nitrogens is 1. The van der Waals surface area contributed by atoms with Crippen molar-refractivity contribution in [2.24, 2.45) is 0 Å². The predicted octanol–water partition coefficient (Wildman–Crippen LogP) is 4.55. The SMILES string of the molecule is C=C(c1cccc(C(C)O)c1)c1nc2cc(F)ccc2s1. The van der Waals surface area contributed by atoms with E-state index in [1.54, 1.807) is 13.0 Å². The molecule has 2 nitrogen and oxygen atoms in total. The number of thiazole rings is 1. The highest BCUT2D eigenvalue weighted by atomic mass is 32.1. The molecule has 0 aliphatic heterocycles. The molecule has 106 valence electrons. The fraction of sp³-hybridized carbons (Fsp3) is 0.118. The van der Waals surface area contributed by atoms with Crippen molar-refractivity contribution in [3.8, 4) is 0 Å². The van der Waals surface area contributed by atoms with Crippen molar-refractivity contribution < 1.29 is 9.50 Å². The first-order valence-electron chi connectivity index (χ1n) is 6.58. The molecular weight excluding hydrogens is 285 g/mol. The molecule has 3 aromatic rings. The lowest BCUT2D eigenvalue weighted by molar-refractivity contribution is 0.199. The summed E-state index contributed by atoms with van der Waals surface area (Å²) in [5.74, 6) is -0.291. The summed E-state index contributed by atoms with van der Waals surface area (Å²) in [7, 11) is 0. The van der Waals surface area contributed by atoms with Crippen molar-refractivity contribution in [3.63, 3.8) is 0 Å². The van der Waals surface area contributed by atoms with Crippen LogP contribution in [0.3, 0.4) is 0 Å². The molecule has 0 aliphatic rings. The van der Waals surface area contributed by atoms with Gasteiger partial charge in [0.15, 0.2) is 0 Å². The van der Waals surface area contributed by atoms with Crippen LogP contribution in [-0.2, 0) is 0 Å². The molecule has 1 atom stereocenters. The number of aliphatic hydroxyl groups excluding tert-OH is 1. The Bertz CT molecular complexity index is 823. The number of fused-ring (bicyclic) bond motifs is 1. The number of hydrogen-bond acceptors (Lipinski definition) is 3. The summed E-state index contributed by atoms with van der Waals surface area (Å²) in [6.45, 7) is 5.81.